The average Bonchev–Trinajstić information content (AvgIpc) is 3.09. The lowest BCUT2D eigenvalue weighted by molar-refractivity contribution is -0.113. The molecular formula is C21H18N4O2S3. The topological polar surface area (TPSA) is 79.8 Å². The van der Waals surface area contributed by atoms with Crippen molar-refractivity contribution in [2.24, 2.45) is 0 Å². The van der Waals surface area contributed by atoms with Crippen LogP contribution in [-0.4, -0.2) is 26.2 Å². The summed E-state index contributed by atoms with van der Waals surface area (Å²) >= 11 is 7.86. The molecule has 9 heteroatoms. The molecule has 0 aliphatic carbocycles. The van der Waals surface area contributed by atoms with Crippen molar-refractivity contribution in [3.05, 3.63) is 74.5 Å². The van der Waals surface area contributed by atoms with Crippen molar-refractivity contribution in [1.29, 1.82) is 0 Å². The monoisotopic (exact) mass is 454 g/mol. The second-order valence-electron chi connectivity index (χ2n) is 6.45. The van der Waals surface area contributed by atoms with Gasteiger partial charge < -0.3 is 10.3 Å². The number of para-hydroxylation sites is 1. The molecular weight excluding hydrogens is 436 g/mol. The molecule has 0 aliphatic heterocycles. The maximum atomic E-state index is 12.5. The van der Waals surface area contributed by atoms with Crippen LogP contribution in [0.4, 0.5) is 5.69 Å². The summed E-state index contributed by atoms with van der Waals surface area (Å²) in [5, 5.41) is 3.26. The van der Waals surface area contributed by atoms with Crippen molar-refractivity contribution in [1.82, 2.24) is 14.5 Å². The van der Waals surface area contributed by atoms with E-state index < -0.39 is 0 Å². The van der Waals surface area contributed by atoms with E-state index in [1.54, 1.807) is 4.57 Å². The lowest BCUT2D eigenvalue weighted by atomic mass is 10.1. The highest BCUT2D eigenvalue weighted by atomic mass is 32.2. The fourth-order valence-electron chi connectivity index (χ4n) is 2.97. The van der Waals surface area contributed by atoms with Gasteiger partial charge in [0, 0.05) is 11.4 Å². The predicted molar refractivity (Wildman–Crippen MR) is 126 cm³/mol. The van der Waals surface area contributed by atoms with Gasteiger partial charge in [-0.2, -0.15) is 0 Å². The summed E-state index contributed by atoms with van der Waals surface area (Å²) in [4.78, 5) is 32.2. The quantitative estimate of drug-likeness (QED) is 0.249. The number of aromatic amines is 1. The van der Waals surface area contributed by atoms with Gasteiger partial charge in [-0.1, -0.05) is 60.4 Å². The molecule has 2 aromatic carbocycles. The third kappa shape index (κ3) is 4.38. The number of aromatic nitrogens is 3. The number of thioether (sulfide) groups is 1. The van der Waals surface area contributed by atoms with E-state index in [1.807, 2.05) is 54.6 Å². The van der Waals surface area contributed by atoms with Crippen LogP contribution in [0.3, 0.4) is 0 Å². The van der Waals surface area contributed by atoms with Gasteiger partial charge in [-0.25, -0.2) is 4.98 Å². The number of hydrogen-bond donors (Lipinski definition) is 2. The Morgan fingerprint density at radius 1 is 1.23 bits per heavy atom. The fourth-order valence-corrected chi connectivity index (χ4v) is 4.89. The Balaban J connectivity index is 1.57. The number of anilines is 1. The third-order valence-corrected chi connectivity index (χ3v) is 6.63. The summed E-state index contributed by atoms with van der Waals surface area (Å²) < 4.78 is 2.80. The van der Waals surface area contributed by atoms with Gasteiger partial charge in [-0.05, 0) is 48.5 Å². The summed E-state index contributed by atoms with van der Waals surface area (Å²) in [5.74, 6) is -0.0395. The molecule has 0 radical (unpaired) electrons. The van der Waals surface area contributed by atoms with Crippen LogP contribution in [0.1, 0.15) is 12.5 Å². The van der Waals surface area contributed by atoms with E-state index in [4.69, 9.17) is 12.2 Å². The van der Waals surface area contributed by atoms with E-state index >= 15 is 0 Å². The van der Waals surface area contributed by atoms with E-state index in [0.717, 1.165) is 23.4 Å². The SMILES string of the molecule is CCc1cccc(NC(=O)CSc2nc3c(sc(=S)n3-c3ccccc3)c(=O)[nH]2)c1. The first-order valence-electron chi connectivity index (χ1n) is 9.28. The zero-order valence-electron chi connectivity index (χ0n) is 16.0. The summed E-state index contributed by atoms with van der Waals surface area (Å²) in [6, 6.07) is 17.3. The largest absolute Gasteiger partial charge is 0.325 e. The molecule has 0 unspecified atom stereocenters. The molecule has 0 atom stereocenters. The van der Waals surface area contributed by atoms with Crippen molar-refractivity contribution in [3.63, 3.8) is 0 Å². The zero-order chi connectivity index (χ0) is 21.1. The smallest absolute Gasteiger partial charge is 0.271 e. The van der Waals surface area contributed by atoms with Crippen LogP contribution in [0.25, 0.3) is 16.0 Å². The fraction of sp³-hybridized carbons (Fsp3) is 0.143. The minimum Gasteiger partial charge on any atom is -0.325 e. The van der Waals surface area contributed by atoms with E-state index in [2.05, 4.69) is 22.2 Å². The Hall–Kier alpha value is -2.75. The molecule has 0 spiro atoms. The molecule has 1 amide bonds. The Bertz CT molecular complexity index is 1330. The van der Waals surface area contributed by atoms with E-state index in [1.165, 1.54) is 23.1 Å². The number of aryl methyl sites for hydroxylation is 1. The van der Waals surface area contributed by atoms with Crippen LogP contribution in [0.2, 0.25) is 0 Å². The highest BCUT2D eigenvalue weighted by Crippen LogP contribution is 2.24. The van der Waals surface area contributed by atoms with Gasteiger partial charge in [-0.15, -0.1) is 0 Å². The molecule has 0 aliphatic rings. The highest BCUT2D eigenvalue weighted by molar-refractivity contribution is 7.99. The Morgan fingerprint density at radius 3 is 2.80 bits per heavy atom. The second kappa shape index (κ2) is 8.95. The number of hydrogen-bond acceptors (Lipinski definition) is 6. The molecule has 2 N–H and O–H groups in total. The molecule has 4 aromatic rings. The Labute approximate surface area is 186 Å². The standard InChI is InChI=1S/C21H18N4O2S3/c1-2-13-7-6-8-14(11-13)22-16(26)12-29-20-23-18-17(19(27)24-20)30-21(28)25(18)15-9-4-3-5-10-15/h3-11H,2,12H2,1H3,(H,22,26)(H,23,24,27). The van der Waals surface area contributed by atoms with E-state index in [0.29, 0.717) is 19.5 Å². The molecule has 0 saturated heterocycles. The third-order valence-electron chi connectivity index (χ3n) is 4.39. The van der Waals surface area contributed by atoms with Gasteiger partial charge in [0.2, 0.25) is 5.91 Å². The normalized spacial score (nSPS) is 11.0. The van der Waals surface area contributed by atoms with Crippen LogP contribution >= 0.6 is 35.3 Å². The zero-order valence-corrected chi connectivity index (χ0v) is 18.5. The molecule has 0 fully saturated rings. The van der Waals surface area contributed by atoms with Crippen LogP contribution in [0, 0.1) is 3.95 Å². The number of carbonyl (C=O) groups is 1. The van der Waals surface area contributed by atoms with E-state index in [-0.39, 0.29) is 17.2 Å². The van der Waals surface area contributed by atoms with Crippen molar-refractivity contribution >= 4 is 57.3 Å². The van der Waals surface area contributed by atoms with Crippen molar-refractivity contribution in [3.8, 4) is 5.69 Å². The highest BCUT2D eigenvalue weighted by Gasteiger charge is 2.14. The Morgan fingerprint density at radius 2 is 2.03 bits per heavy atom. The second-order valence-corrected chi connectivity index (χ2v) is 9.06. The number of nitrogens with one attached hydrogen (secondary N) is 2. The molecule has 2 heterocycles. The first kappa shape index (κ1) is 20.5. The number of carbonyl (C=O) groups excluding carboxylic acids is 1. The van der Waals surface area contributed by atoms with Crippen LogP contribution in [0.5, 0.6) is 0 Å². The number of thiazole rings is 1. The molecule has 4 rings (SSSR count). The molecule has 152 valence electrons. The first-order chi connectivity index (χ1) is 14.5. The summed E-state index contributed by atoms with van der Waals surface area (Å²) in [5.41, 5.74) is 2.99. The Kier molecular flexibility index (Phi) is 6.12. The molecule has 0 bridgehead atoms. The minimum absolute atomic E-state index is 0.126. The number of amides is 1. The van der Waals surface area contributed by atoms with E-state index in [9.17, 15) is 9.59 Å². The lowest BCUT2D eigenvalue weighted by Gasteiger charge is -2.07. The molecule has 2 aromatic heterocycles. The van der Waals surface area contributed by atoms with Gasteiger partial charge in [0.15, 0.2) is 14.8 Å². The summed E-state index contributed by atoms with van der Waals surface area (Å²) in [7, 11) is 0. The number of fused-ring (bicyclic) bond motifs is 1. The number of rotatable bonds is 6. The molecule has 30 heavy (non-hydrogen) atoms. The number of benzene rings is 2. The molecule has 0 saturated carbocycles. The maximum Gasteiger partial charge on any atom is 0.271 e. The van der Waals surface area contributed by atoms with Crippen LogP contribution < -0.4 is 10.9 Å². The average molecular weight is 455 g/mol. The predicted octanol–water partition coefficient (Wildman–Crippen LogP) is 4.80. The first-order valence-corrected chi connectivity index (χ1v) is 11.5. The van der Waals surface area contributed by atoms with Crippen LogP contribution in [0.15, 0.2) is 64.5 Å². The van der Waals surface area contributed by atoms with Crippen molar-refractivity contribution < 1.29 is 4.79 Å². The minimum atomic E-state index is -0.260. The van der Waals surface area contributed by atoms with Crippen LogP contribution in [-0.2, 0) is 11.2 Å². The van der Waals surface area contributed by atoms with Gasteiger partial charge >= 0.3 is 0 Å². The van der Waals surface area contributed by atoms with Crippen molar-refractivity contribution in [2.75, 3.05) is 11.1 Å². The summed E-state index contributed by atoms with van der Waals surface area (Å²) in [6.07, 6.45) is 0.899. The van der Waals surface area contributed by atoms with Gasteiger partial charge in [0.05, 0.1) is 5.75 Å². The van der Waals surface area contributed by atoms with Crippen molar-refractivity contribution in [2.45, 2.75) is 18.5 Å². The van der Waals surface area contributed by atoms with Gasteiger partial charge in [0.25, 0.3) is 5.56 Å². The maximum absolute atomic E-state index is 12.5. The molecule has 6 nitrogen and oxygen atoms in total. The summed E-state index contributed by atoms with van der Waals surface area (Å²) in [6.45, 7) is 2.06. The lowest BCUT2D eigenvalue weighted by Crippen LogP contribution is -2.15. The van der Waals surface area contributed by atoms with Gasteiger partial charge in [0.1, 0.15) is 4.70 Å². The van der Waals surface area contributed by atoms with Gasteiger partial charge in [-0.3, -0.25) is 14.2 Å². The number of nitrogens with zero attached hydrogens (tertiary/aromatic N) is 2. The number of H-pyrrole nitrogens is 1.